The van der Waals surface area contributed by atoms with Gasteiger partial charge in [0.2, 0.25) is 5.91 Å². The van der Waals surface area contributed by atoms with E-state index in [1.54, 1.807) is 4.90 Å². The van der Waals surface area contributed by atoms with E-state index < -0.39 is 23.7 Å². The molecule has 0 aromatic heterocycles. The summed E-state index contributed by atoms with van der Waals surface area (Å²) in [5.41, 5.74) is 1.60. The van der Waals surface area contributed by atoms with E-state index in [4.69, 9.17) is 9.47 Å². The van der Waals surface area contributed by atoms with E-state index in [0.29, 0.717) is 32.4 Å². The molecule has 0 saturated carbocycles. The predicted molar refractivity (Wildman–Crippen MR) is 152 cm³/mol. The van der Waals surface area contributed by atoms with Crippen LogP contribution in [0.5, 0.6) is 0 Å². The van der Waals surface area contributed by atoms with Crippen LogP contribution in [0.4, 0.5) is 0 Å². The van der Waals surface area contributed by atoms with Crippen LogP contribution in [0.15, 0.2) is 60.7 Å². The highest BCUT2D eigenvalue weighted by Crippen LogP contribution is 2.28. The predicted octanol–water partition coefficient (Wildman–Crippen LogP) is 5.04. The van der Waals surface area contributed by atoms with Crippen molar-refractivity contribution in [1.82, 2.24) is 10.2 Å². The topological polar surface area (TPSA) is 84.9 Å². The molecule has 2 aromatic carbocycles. The van der Waals surface area contributed by atoms with Crippen molar-refractivity contribution in [3.8, 4) is 0 Å². The Bertz CT molecular complexity index is 1050. The van der Waals surface area contributed by atoms with Crippen LogP contribution in [0, 0.1) is 0 Å². The molecule has 1 amide bonds. The highest BCUT2D eigenvalue weighted by atomic mass is 16.6. The number of rotatable bonds is 12. The molecule has 1 aliphatic rings. The molecule has 1 fully saturated rings. The molecule has 0 aliphatic carbocycles. The lowest BCUT2D eigenvalue weighted by atomic mass is 9.93. The Morgan fingerprint density at radius 3 is 2.33 bits per heavy atom. The number of unbranched alkanes of at least 4 members (excludes halogenated alkanes) is 1. The van der Waals surface area contributed by atoms with Crippen LogP contribution in [0.2, 0.25) is 0 Å². The van der Waals surface area contributed by atoms with Crippen LogP contribution in [0.3, 0.4) is 0 Å². The monoisotopic (exact) mass is 536 g/mol. The SMILES string of the molecule is CCCCOC(=O)[C@H](CCc1ccccc1)N[C@@H]1CC[C@@H](c2ccccc2)CN(CC(=O)OC(C)(C)C)C1=O. The highest BCUT2D eigenvalue weighted by molar-refractivity contribution is 5.87. The number of benzene rings is 2. The molecule has 1 aliphatic heterocycles. The first-order valence-electron chi connectivity index (χ1n) is 14.2. The number of aryl methyl sites for hydroxylation is 1. The van der Waals surface area contributed by atoms with Gasteiger partial charge in [-0.25, -0.2) is 0 Å². The van der Waals surface area contributed by atoms with Gasteiger partial charge in [0.15, 0.2) is 0 Å². The summed E-state index contributed by atoms with van der Waals surface area (Å²) >= 11 is 0. The standard InChI is InChI=1S/C32H44N2O5/c1-5-6-21-38-31(37)28(19-17-24-13-9-7-10-14-24)33-27-20-18-26(25-15-11-8-12-16-25)22-34(30(27)36)23-29(35)39-32(2,3)4/h7-16,26-28,33H,5-6,17-23H2,1-4H3/t26-,27-,28+/m1/s1. The molecule has 39 heavy (non-hydrogen) atoms. The van der Waals surface area contributed by atoms with Crippen LogP contribution in [-0.2, 0) is 30.3 Å². The molecular weight excluding hydrogens is 492 g/mol. The third-order valence-corrected chi connectivity index (χ3v) is 6.86. The van der Waals surface area contributed by atoms with Crippen molar-refractivity contribution in [3.05, 3.63) is 71.8 Å². The van der Waals surface area contributed by atoms with Gasteiger partial charge in [-0.2, -0.15) is 0 Å². The van der Waals surface area contributed by atoms with Crippen molar-refractivity contribution >= 4 is 17.8 Å². The minimum Gasteiger partial charge on any atom is -0.465 e. The van der Waals surface area contributed by atoms with Crippen LogP contribution in [-0.4, -0.2) is 60.1 Å². The molecule has 212 valence electrons. The number of nitrogens with zero attached hydrogens (tertiary/aromatic N) is 1. The maximum absolute atomic E-state index is 13.8. The van der Waals surface area contributed by atoms with Gasteiger partial charge in [-0.05, 0) is 64.0 Å². The molecule has 3 rings (SSSR count). The number of hydrogen-bond donors (Lipinski definition) is 1. The first-order chi connectivity index (χ1) is 18.7. The van der Waals surface area contributed by atoms with Gasteiger partial charge < -0.3 is 14.4 Å². The Balaban J connectivity index is 1.80. The molecule has 7 nitrogen and oxygen atoms in total. The van der Waals surface area contributed by atoms with Gasteiger partial charge in [-0.15, -0.1) is 0 Å². The fraction of sp³-hybridized carbons (Fsp3) is 0.531. The van der Waals surface area contributed by atoms with Crippen LogP contribution in [0.1, 0.15) is 76.8 Å². The number of amides is 1. The van der Waals surface area contributed by atoms with E-state index in [9.17, 15) is 14.4 Å². The van der Waals surface area contributed by atoms with Gasteiger partial charge >= 0.3 is 11.9 Å². The zero-order valence-electron chi connectivity index (χ0n) is 23.9. The van der Waals surface area contributed by atoms with Crippen molar-refractivity contribution < 1.29 is 23.9 Å². The van der Waals surface area contributed by atoms with E-state index in [0.717, 1.165) is 30.4 Å². The van der Waals surface area contributed by atoms with Gasteiger partial charge in [-0.3, -0.25) is 19.7 Å². The Kier molecular flexibility index (Phi) is 11.5. The number of esters is 2. The summed E-state index contributed by atoms with van der Waals surface area (Å²) in [4.78, 5) is 41.3. The maximum Gasteiger partial charge on any atom is 0.326 e. The van der Waals surface area contributed by atoms with E-state index in [1.165, 1.54) is 0 Å². The summed E-state index contributed by atoms with van der Waals surface area (Å²) < 4.78 is 11.1. The Hall–Kier alpha value is -3.19. The lowest BCUT2D eigenvalue weighted by Crippen LogP contribution is -2.53. The summed E-state index contributed by atoms with van der Waals surface area (Å²) in [6, 6.07) is 18.8. The van der Waals surface area contributed by atoms with Crippen LogP contribution >= 0.6 is 0 Å². The van der Waals surface area contributed by atoms with Gasteiger partial charge in [0.05, 0.1) is 12.6 Å². The number of nitrogens with one attached hydrogen (secondary N) is 1. The van der Waals surface area contributed by atoms with E-state index in [-0.39, 0.29) is 24.3 Å². The van der Waals surface area contributed by atoms with Gasteiger partial charge in [-0.1, -0.05) is 74.0 Å². The van der Waals surface area contributed by atoms with Gasteiger partial charge in [0.1, 0.15) is 18.2 Å². The molecule has 1 heterocycles. The quantitative estimate of drug-likeness (QED) is 0.302. The van der Waals surface area contributed by atoms with Crippen molar-refractivity contribution in [2.24, 2.45) is 0 Å². The first-order valence-corrected chi connectivity index (χ1v) is 14.2. The van der Waals surface area contributed by atoms with Crippen molar-refractivity contribution in [2.45, 2.75) is 89.8 Å². The molecule has 0 spiro atoms. The molecule has 3 atom stereocenters. The molecule has 1 N–H and O–H groups in total. The largest absolute Gasteiger partial charge is 0.465 e. The van der Waals surface area contributed by atoms with Crippen molar-refractivity contribution in [2.75, 3.05) is 19.7 Å². The fourth-order valence-electron chi connectivity index (χ4n) is 4.87. The average molecular weight is 537 g/mol. The molecule has 2 aromatic rings. The zero-order chi connectivity index (χ0) is 28.3. The molecule has 0 radical (unpaired) electrons. The second-order valence-electron chi connectivity index (χ2n) is 11.3. The fourth-order valence-corrected chi connectivity index (χ4v) is 4.87. The molecule has 7 heteroatoms. The normalized spacial score (nSPS) is 18.8. The van der Waals surface area contributed by atoms with Crippen LogP contribution < -0.4 is 5.32 Å². The third kappa shape index (κ3) is 10.1. The molecule has 1 saturated heterocycles. The summed E-state index contributed by atoms with van der Waals surface area (Å²) in [7, 11) is 0. The lowest BCUT2D eigenvalue weighted by Gasteiger charge is -2.29. The Morgan fingerprint density at radius 2 is 1.69 bits per heavy atom. The lowest BCUT2D eigenvalue weighted by molar-refractivity contribution is -0.159. The Labute approximate surface area is 233 Å². The van der Waals surface area contributed by atoms with Crippen molar-refractivity contribution in [1.29, 1.82) is 0 Å². The summed E-state index contributed by atoms with van der Waals surface area (Å²) in [5.74, 6) is -0.897. The number of carbonyl (C=O) groups excluding carboxylic acids is 3. The van der Waals surface area contributed by atoms with Gasteiger partial charge in [0, 0.05) is 12.5 Å². The van der Waals surface area contributed by atoms with E-state index in [1.807, 2.05) is 76.2 Å². The second-order valence-corrected chi connectivity index (χ2v) is 11.3. The minimum atomic E-state index is -0.646. The number of likely N-dealkylation sites (tertiary alicyclic amines) is 1. The van der Waals surface area contributed by atoms with E-state index >= 15 is 0 Å². The highest BCUT2D eigenvalue weighted by Gasteiger charge is 2.36. The molecular formula is C32H44N2O5. The second kappa shape index (κ2) is 14.8. The molecule has 0 unspecified atom stereocenters. The first kappa shape index (κ1) is 30.4. The van der Waals surface area contributed by atoms with Gasteiger partial charge in [0.25, 0.3) is 0 Å². The summed E-state index contributed by atoms with van der Waals surface area (Å²) in [6.07, 6.45) is 4.20. The summed E-state index contributed by atoms with van der Waals surface area (Å²) in [5, 5.41) is 3.35. The Morgan fingerprint density at radius 1 is 1.03 bits per heavy atom. The summed E-state index contributed by atoms with van der Waals surface area (Å²) in [6.45, 7) is 8.13. The zero-order valence-corrected chi connectivity index (χ0v) is 23.9. The van der Waals surface area contributed by atoms with Crippen molar-refractivity contribution in [3.63, 3.8) is 0 Å². The van der Waals surface area contributed by atoms with Crippen LogP contribution in [0.25, 0.3) is 0 Å². The number of hydrogen-bond acceptors (Lipinski definition) is 6. The number of ether oxygens (including phenoxy) is 2. The third-order valence-electron chi connectivity index (χ3n) is 6.86. The minimum absolute atomic E-state index is 0.0728. The number of carbonyl (C=O) groups is 3. The average Bonchev–Trinajstić information content (AvgIpc) is 3.05. The molecule has 0 bridgehead atoms. The maximum atomic E-state index is 13.8. The smallest absolute Gasteiger partial charge is 0.326 e. The van der Waals surface area contributed by atoms with E-state index in [2.05, 4.69) is 17.4 Å².